The molecular weight excluding hydrogens is 325 g/mol. The molecule has 0 amide bonds. The van der Waals surface area contributed by atoms with Crippen molar-refractivity contribution in [2.75, 3.05) is 12.3 Å². The predicted octanol–water partition coefficient (Wildman–Crippen LogP) is -0.905. The Balaban J connectivity index is 0.00000161. The van der Waals surface area contributed by atoms with Gasteiger partial charge in [-0.15, -0.1) is 12.4 Å². The van der Waals surface area contributed by atoms with Crippen LogP contribution in [0.1, 0.15) is 6.23 Å². The molecule has 1 aliphatic rings. The molecule has 0 saturated carbocycles. The van der Waals surface area contributed by atoms with Gasteiger partial charge in [-0.1, -0.05) is 0 Å². The van der Waals surface area contributed by atoms with Crippen LogP contribution in [0.2, 0.25) is 5.28 Å². The molecule has 0 spiro atoms. The molecule has 5 N–H and O–H groups in total. The van der Waals surface area contributed by atoms with Gasteiger partial charge in [0.15, 0.2) is 17.7 Å². The zero-order valence-electron chi connectivity index (χ0n) is 10.5. The number of aliphatic hydroxyl groups is 3. The van der Waals surface area contributed by atoms with E-state index >= 15 is 0 Å². The minimum atomic E-state index is -1.24. The summed E-state index contributed by atoms with van der Waals surface area (Å²) >= 11 is 5.74. The summed E-state index contributed by atoms with van der Waals surface area (Å²) in [4.78, 5) is 11.8. The van der Waals surface area contributed by atoms with Crippen LogP contribution >= 0.6 is 24.0 Å². The normalized spacial score (nSPS) is 28.8. The van der Waals surface area contributed by atoms with Crippen LogP contribution < -0.4 is 5.73 Å². The SMILES string of the molecule is Cl.Nc1nc(Cl)nc2c1ncn2C1OC(CO)C(O)C1O. The summed E-state index contributed by atoms with van der Waals surface area (Å²) in [5.41, 5.74) is 6.27. The predicted molar refractivity (Wildman–Crippen MR) is 75.0 cm³/mol. The summed E-state index contributed by atoms with van der Waals surface area (Å²) in [5, 5.41) is 28.8. The van der Waals surface area contributed by atoms with E-state index in [0.29, 0.717) is 5.52 Å². The summed E-state index contributed by atoms with van der Waals surface area (Å²) in [6.45, 7) is -0.417. The van der Waals surface area contributed by atoms with Crippen molar-refractivity contribution in [3.63, 3.8) is 0 Å². The number of ether oxygens (including phenoxy) is 1. The molecule has 0 aliphatic carbocycles. The number of anilines is 1. The number of aromatic nitrogens is 4. The van der Waals surface area contributed by atoms with Gasteiger partial charge in [0.25, 0.3) is 0 Å². The van der Waals surface area contributed by atoms with Crippen LogP contribution in [0.5, 0.6) is 0 Å². The van der Waals surface area contributed by atoms with E-state index in [1.54, 1.807) is 0 Å². The van der Waals surface area contributed by atoms with Crippen LogP contribution in [0, 0.1) is 0 Å². The number of halogens is 2. The molecule has 0 radical (unpaired) electrons. The lowest BCUT2D eigenvalue weighted by Gasteiger charge is -2.16. The summed E-state index contributed by atoms with van der Waals surface area (Å²) in [6.07, 6.45) is -2.93. The lowest BCUT2D eigenvalue weighted by atomic mass is 10.1. The van der Waals surface area contributed by atoms with Gasteiger partial charge in [-0.25, -0.2) is 4.98 Å². The molecule has 3 heterocycles. The topological polar surface area (TPSA) is 140 Å². The second-order valence-electron chi connectivity index (χ2n) is 4.43. The molecule has 116 valence electrons. The Hall–Kier alpha value is -1.23. The zero-order chi connectivity index (χ0) is 14.4. The Morgan fingerprint density at radius 1 is 1.33 bits per heavy atom. The van der Waals surface area contributed by atoms with Gasteiger partial charge < -0.3 is 25.8 Å². The number of nitrogen functional groups attached to an aromatic ring is 1. The van der Waals surface area contributed by atoms with Crippen LogP contribution in [0.15, 0.2) is 6.33 Å². The minimum absolute atomic E-state index is 0. The third-order valence-electron chi connectivity index (χ3n) is 3.21. The Bertz CT molecular complexity index is 654. The molecule has 3 rings (SSSR count). The molecule has 21 heavy (non-hydrogen) atoms. The Morgan fingerprint density at radius 3 is 2.67 bits per heavy atom. The fourth-order valence-electron chi connectivity index (χ4n) is 2.21. The van der Waals surface area contributed by atoms with Gasteiger partial charge in [0.2, 0.25) is 5.28 Å². The van der Waals surface area contributed by atoms with Crippen molar-refractivity contribution >= 4 is 41.0 Å². The first-order chi connectivity index (χ1) is 9.52. The van der Waals surface area contributed by atoms with Crippen LogP contribution in [0.4, 0.5) is 5.82 Å². The lowest BCUT2D eigenvalue weighted by Crippen LogP contribution is -2.33. The van der Waals surface area contributed by atoms with Crippen LogP contribution in [-0.4, -0.2) is 59.8 Å². The molecular formula is C10H13Cl2N5O4. The molecule has 9 nitrogen and oxygen atoms in total. The first-order valence-corrected chi connectivity index (χ1v) is 6.18. The van der Waals surface area contributed by atoms with Gasteiger partial charge in [0, 0.05) is 0 Å². The average molecular weight is 338 g/mol. The number of hydrogen-bond acceptors (Lipinski definition) is 8. The monoisotopic (exact) mass is 337 g/mol. The number of imidazole rings is 1. The van der Waals surface area contributed by atoms with E-state index in [1.807, 2.05) is 0 Å². The first-order valence-electron chi connectivity index (χ1n) is 5.81. The average Bonchev–Trinajstić information content (AvgIpc) is 2.93. The van der Waals surface area contributed by atoms with E-state index in [2.05, 4.69) is 15.0 Å². The molecule has 0 aromatic carbocycles. The molecule has 1 fully saturated rings. The summed E-state index contributed by atoms with van der Waals surface area (Å²) in [6, 6.07) is 0. The van der Waals surface area contributed by atoms with Crippen LogP contribution in [-0.2, 0) is 4.74 Å². The number of aliphatic hydroxyl groups excluding tert-OH is 3. The molecule has 1 saturated heterocycles. The van der Waals surface area contributed by atoms with Crippen molar-refractivity contribution in [2.24, 2.45) is 0 Å². The number of nitrogens with two attached hydrogens (primary N) is 1. The minimum Gasteiger partial charge on any atom is -0.394 e. The highest BCUT2D eigenvalue weighted by molar-refractivity contribution is 6.28. The molecule has 4 atom stereocenters. The number of hydrogen-bond donors (Lipinski definition) is 4. The largest absolute Gasteiger partial charge is 0.394 e. The van der Waals surface area contributed by atoms with Gasteiger partial charge >= 0.3 is 0 Å². The van der Waals surface area contributed by atoms with Crippen LogP contribution in [0.25, 0.3) is 11.2 Å². The third kappa shape index (κ3) is 2.52. The molecule has 1 aliphatic heterocycles. The Kier molecular flexibility index (Phi) is 4.51. The number of fused-ring (bicyclic) bond motifs is 1. The highest BCUT2D eigenvalue weighted by Gasteiger charge is 2.44. The van der Waals surface area contributed by atoms with Gasteiger partial charge in [-0.3, -0.25) is 4.57 Å². The van der Waals surface area contributed by atoms with E-state index in [-0.39, 0.29) is 29.2 Å². The van der Waals surface area contributed by atoms with Gasteiger partial charge in [-0.05, 0) is 11.6 Å². The molecule has 2 aromatic heterocycles. The molecule has 2 aromatic rings. The summed E-state index contributed by atoms with van der Waals surface area (Å²) in [7, 11) is 0. The zero-order valence-corrected chi connectivity index (χ0v) is 12.1. The Labute approximate surface area is 129 Å². The molecule has 4 unspecified atom stereocenters. The van der Waals surface area contributed by atoms with E-state index in [1.165, 1.54) is 10.9 Å². The standard InChI is InChI=1S/C10H12ClN5O4.ClH/c11-10-14-7(12)4-8(15-10)16(2-13-4)9-6(19)5(18)3(1-17)20-9;/h2-3,5-6,9,17-19H,1H2,(H2,12,14,15);1H. The highest BCUT2D eigenvalue weighted by Crippen LogP contribution is 2.32. The van der Waals surface area contributed by atoms with Crippen molar-refractivity contribution in [1.82, 2.24) is 19.5 Å². The van der Waals surface area contributed by atoms with Crippen molar-refractivity contribution < 1.29 is 20.1 Å². The third-order valence-corrected chi connectivity index (χ3v) is 3.38. The molecule has 11 heteroatoms. The second kappa shape index (κ2) is 5.87. The molecule has 0 bridgehead atoms. The first kappa shape index (κ1) is 16.1. The quantitative estimate of drug-likeness (QED) is 0.516. The number of nitrogens with zero attached hydrogens (tertiary/aromatic N) is 4. The van der Waals surface area contributed by atoms with Crippen molar-refractivity contribution in [3.8, 4) is 0 Å². The second-order valence-corrected chi connectivity index (χ2v) is 4.77. The van der Waals surface area contributed by atoms with E-state index in [0.717, 1.165) is 0 Å². The van der Waals surface area contributed by atoms with E-state index in [4.69, 9.17) is 27.2 Å². The van der Waals surface area contributed by atoms with Crippen molar-refractivity contribution in [3.05, 3.63) is 11.6 Å². The van der Waals surface area contributed by atoms with Crippen molar-refractivity contribution in [1.29, 1.82) is 0 Å². The van der Waals surface area contributed by atoms with Crippen LogP contribution in [0.3, 0.4) is 0 Å². The van der Waals surface area contributed by atoms with Gasteiger partial charge in [0.1, 0.15) is 23.8 Å². The summed E-state index contributed by atoms with van der Waals surface area (Å²) < 4.78 is 6.79. The fraction of sp³-hybridized carbons (Fsp3) is 0.500. The smallest absolute Gasteiger partial charge is 0.226 e. The fourth-order valence-corrected chi connectivity index (χ4v) is 2.38. The highest BCUT2D eigenvalue weighted by atomic mass is 35.5. The maximum absolute atomic E-state index is 9.99. The maximum Gasteiger partial charge on any atom is 0.226 e. The number of rotatable bonds is 2. The van der Waals surface area contributed by atoms with E-state index in [9.17, 15) is 10.2 Å². The van der Waals surface area contributed by atoms with Crippen molar-refractivity contribution in [2.45, 2.75) is 24.5 Å². The lowest BCUT2D eigenvalue weighted by molar-refractivity contribution is -0.0511. The van der Waals surface area contributed by atoms with Gasteiger partial charge in [-0.2, -0.15) is 9.97 Å². The maximum atomic E-state index is 9.99. The summed E-state index contributed by atoms with van der Waals surface area (Å²) in [5.74, 6) is 0.102. The van der Waals surface area contributed by atoms with E-state index < -0.39 is 31.1 Å². The van der Waals surface area contributed by atoms with Gasteiger partial charge in [0.05, 0.1) is 12.9 Å². The Morgan fingerprint density at radius 2 is 2.05 bits per heavy atom.